The summed E-state index contributed by atoms with van der Waals surface area (Å²) in [6.07, 6.45) is 0.230. The number of carbonyl (C=O) groups is 1. The third kappa shape index (κ3) is 4.95. The predicted molar refractivity (Wildman–Crippen MR) is 111 cm³/mol. The molecule has 0 radical (unpaired) electrons. The molecule has 3 aromatic rings. The number of carboxylic acid groups (broad SMARTS) is 1. The SMILES string of the molecule is O=C(O)COc1ccc(Br)cc1Cc1sc(=O)n(Cc2ccc(Cl)cc2)c1O. The maximum atomic E-state index is 12.4. The Morgan fingerprint density at radius 1 is 1.21 bits per heavy atom. The van der Waals surface area contributed by atoms with Gasteiger partial charge in [-0.15, -0.1) is 0 Å². The molecule has 0 aliphatic heterocycles. The van der Waals surface area contributed by atoms with Crippen molar-refractivity contribution in [3.63, 3.8) is 0 Å². The number of halogens is 2. The van der Waals surface area contributed by atoms with Crippen LogP contribution in [0.2, 0.25) is 5.02 Å². The number of hydrogen-bond donors (Lipinski definition) is 2. The van der Waals surface area contributed by atoms with Crippen molar-refractivity contribution in [2.45, 2.75) is 13.0 Å². The maximum Gasteiger partial charge on any atom is 0.341 e. The molecule has 0 bridgehead atoms. The van der Waals surface area contributed by atoms with Gasteiger partial charge in [0.1, 0.15) is 5.75 Å². The lowest BCUT2D eigenvalue weighted by atomic mass is 10.1. The molecule has 2 N–H and O–H groups in total. The molecule has 9 heteroatoms. The van der Waals surface area contributed by atoms with Gasteiger partial charge in [0.25, 0.3) is 0 Å². The number of nitrogens with zero attached hydrogens (tertiary/aromatic N) is 1. The van der Waals surface area contributed by atoms with Crippen molar-refractivity contribution in [3.8, 4) is 11.6 Å². The zero-order valence-electron chi connectivity index (χ0n) is 14.4. The Morgan fingerprint density at radius 3 is 2.61 bits per heavy atom. The van der Waals surface area contributed by atoms with Crippen LogP contribution in [0.4, 0.5) is 0 Å². The van der Waals surface area contributed by atoms with Gasteiger partial charge in [0.15, 0.2) is 6.61 Å². The van der Waals surface area contributed by atoms with E-state index < -0.39 is 12.6 Å². The number of ether oxygens (including phenoxy) is 1. The summed E-state index contributed by atoms with van der Waals surface area (Å²) < 4.78 is 7.38. The highest BCUT2D eigenvalue weighted by Gasteiger charge is 2.17. The molecule has 146 valence electrons. The molecule has 0 fully saturated rings. The first-order valence-corrected chi connectivity index (χ1v) is 10.1. The van der Waals surface area contributed by atoms with Crippen LogP contribution in [-0.2, 0) is 17.8 Å². The molecule has 0 atom stereocenters. The maximum absolute atomic E-state index is 12.4. The summed E-state index contributed by atoms with van der Waals surface area (Å²) in [5.41, 5.74) is 1.49. The van der Waals surface area contributed by atoms with Crippen LogP contribution in [0.25, 0.3) is 0 Å². The molecule has 0 saturated heterocycles. The van der Waals surface area contributed by atoms with E-state index in [2.05, 4.69) is 15.9 Å². The van der Waals surface area contributed by atoms with E-state index in [4.69, 9.17) is 21.4 Å². The molecule has 3 rings (SSSR count). The van der Waals surface area contributed by atoms with Crippen molar-refractivity contribution < 1.29 is 19.7 Å². The van der Waals surface area contributed by atoms with Gasteiger partial charge in [0.05, 0.1) is 11.4 Å². The zero-order valence-corrected chi connectivity index (χ0v) is 17.6. The Kier molecular flexibility index (Phi) is 6.43. The Labute approximate surface area is 177 Å². The molecule has 0 saturated carbocycles. The summed E-state index contributed by atoms with van der Waals surface area (Å²) >= 11 is 10.2. The molecule has 6 nitrogen and oxygen atoms in total. The number of aliphatic carboxylic acids is 1. The van der Waals surface area contributed by atoms with Crippen LogP contribution in [0.15, 0.2) is 51.7 Å². The minimum absolute atomic E-state index is 0.117. The summed E-state index contributed by atoms with van der Waals surface area (Å²) in [6, 6.07) is 12.2. The third-order valence-corrected chi connectivity index (χ3v) is 5.63. The molecule has 0 aliphatic rings. The van der Waals surface area contributed by atoms with Crippen molar-refractivity contribution in [1.82, 2.24) is 4.57 Å². The average Bonchev–Trinajstić information content (AvgIpc) is 2.90. The van der Waals surface area contributed by atoms with Gasteiger partial charge in [-0.3, -0.25) is 9.36 Å². The van der Waals surface area contributed by atoms with E-state index in [0.717, 1.165) is 21.4 Å². The van der Waals surface area contributed by atoms with E-state index in [1.165, 1.54) is 4.57 Å². The van der Waals surface area contributed by atoms with E-state index in [9.17, 15) is 14.7 Å². The largest absolute Gasteiger partial charge is 0.494 e. The Morgan fingerprint density at radius 2 is 1.93 bits per heavy atom. The zero-order chi connectivity index (χ0) is 20.3. The standard InChI is InChI=1S/C19H15BrClNO5S/c20-13-3-6-15(27-10-17(23)24)12(7-13)8-16-18(25)22(19(26)28-16)9-11-1-4-14(21)5-2-11/h1-7,25H,8-10H2,(H,23,24). The van der Waals surface area contributed by atoms with E-state index in [1.54, 1.807) is 42.5 Å². The number of hydrogen-bond acceptors (Lipinski definition) is 5. The van der Waals surface area contributed by atoms with Gasteiger partial charge in [-0.25, -0.2) is 4.79 Å². The van der Waals surface area contributed by atoms with Gasteiger partial charge in [-0.1, -0.05) is 51.0 Å². The van der Waals surface area contributed by atoms with E-state index in [-0.39, 0.29) is 23.7 Å². The van der Waals surface area contributed by atoms with Crippen LogP contribution in [0, 0.1) is 0 Å². The lowest BCUT2D eigenvalue weighted by Gasteiger charge is -2.10. The molecular weight excluding hydrogens is 470 g/mol. The fourth-order valence-corrected chi connectivity index (χ4v) is 4.05. The fourth-order valence-electron chi connectivity index (χ4n) is 2.61. The molecule has 0 amide bonds. The van der Waals surface area contributed by atoms with Gasteiger partial charge in [-0.2, -0.15) is 0 Å². The van der Waals surface area contributed by atoms with Crippen LogP contribution in [0.1, 0.15) is 16.0 Å². The third-order valence-electron chi connectivity index (χ3n) is 3.91. The van der Waals surface area contributed by atoms with Gasteiger partial charge >= 0.3 is 10.8 Å². The second-order valence-corrected chi connectivity index (χ2v) is 8.34. The molecule has 0 unspecified atom stereocenters. The van der Waals surface area contributed by atoms with Crippen molar-refractivity contribution in [2.75, 3.05) is 6.61 Å². The summed E-state index contributed by atoms with van der Waals surface area (Å²) in [5.74, 6) is -0.820. The van der Waals surface area contributed by atoms with Gasteiger partial charge < -0.3 is 14.9 Å². The number of benzene rings is 2. The van der Waals surface area contributed by atoms with Crippen LogP contribution in [-0.4, -0.2) is 27.4 Å². The Balaban J connectivity index is 1.87. The molecule has 1 aromatic heterocycles. The summed E-state index contributed by atoms with van der Waals surface area (Å²) in [6.45, 7) is -0.256. The van der Waals surface area contributed by atoms with Crippen LogP contribution >= 0.6 is 38.9 Å². The lowest BCUT2D eigenvalue weighted by molar-refractivity contribution is -0.139. The van der Waals surface area contributed by atoms with E-state index in [1.807, 2.05) is 0 Å². The van der Waals surface area contributed by atoms with Crippen molar-refractivity contribution in [2.24, 2.45) is 0 Å². The lowest BCUT2D eigenvalue weighted by Crippen LogP contribution is -2.13. The van der Waals surface area contributed by atoms with Gasteiger partial charge in [0, 0.05) is 21.5 Å². The Bertz CT molecular complexity index is 1060. The first kappa shape index (κ1) is 20.4. The van der Waals surface area contributed by atoms with Crippen LogP contribution in [0.5, 0.6) is 11.6 Å². The second-order valence-electron chi connectivity index (χ2n) is 5.94. The Hall–Kier alpha value is -2.29. The minimum Gasteiger partial charge on any atom is -0.494 e. The topological polar surface area (TPSA) is 88.8 Å². The summed E-state index contributed by atoms with van der Waals surface area (Å²) in [4.78, 5) is 23.3. The highest BCUT2D eigenvalue weighted by atomic mass is 79.9. The summed E-state index contributed by atoms with van der Waals surface area (Å²) in [5, 5.41) is 20.0. The second kappa shape index (κ2) is 8.81. The molecule has 2 aromatic carbocycles. The monoisotopic (exact) mass is 483 g/mol. The molecule has 0 aliphatic carbocycles. The van der Waals surface area contributed by atoms with Gasteiger partial charge in [-0.05, 0) is 35.9 Å². The first-order valence-electron chi connectivity index (χ1n) is 8.12. The molecule has 28 heavy (non-hydrogen) atoms. The fraction of sp³-hybridized carbons (Fsp3) is 0.158. The normalized spacial score (nSPS) is 10.8. The van der Waals surface area contributed by atoms with E-state index >= 15 is 0 Å². The highest BCUT2D eigenvalue weighted by Crippen LogP contribution is 2.30. The molecule has 0 spiro atoms. The van der Waals surface area contributed by atoms with Crippen LogP contribution in [0.3, 0.4) is 0 Å². The van der Waals surface area contributed by atoms with Crippen LogP contribution < -0.4 is 9.61 Å². The molecule has 1 heterocycles. The number of thiazole rings is 1. The van der Waals surface area contributed by atoms with Crippen molar-refractivity contribution >= 4 is 44.8 Å². The van der Waals surface area contributed by atoms with Gasteiger partial charge in [0.2, 0.25) is 5.88 Å². The predicted octanol–water partition coefficient (Wildman–Crippen LogP) is 4.13. The van der Waals surface area contributed by atoms with Crippen molar-refractivity contribution in [1.29, 1.82) is 0 Å². The minimum atomic E-state index is -1.09. The summed E-state index contributed by atoms with van der Waals surface area (Å²) in [7, 11) is 0. The number of carboxylic acids is 1. The number of rotatable bonds is 7. The van der Waals surface area contributed by atoms with Crippen molar-refractivity contribution in [3.05, 3.63) is 77.6 Å². The molecular formula is C19H15BrClNO5S. The average molecular weight is 485 g/mol. The quantitative estimate of drug-likeness (QED) is 0.526. The smallest absolute Gasteiger partial charge is 0.341 e. The number of aromatic hydroxyl groups is 1. The number of aromatic nitrogens is 1. The first-order chi connectivity index (χ1) is 13.3. The highest BCUT2D eigenvalue weighted by molar-refractivity contribution is 9.10. The van der Waals surface area contributed by atoms with E-state index in [0.29, 0.717) is 21.2 Å².